The van der Waals surface area contributed by atoms with Gasteiger partial charge in [0.1, 0.15) is 12.2 Å². The van der Waals surface area contributed by atoms with Crippen molar-refractivity contribution in [3.8, 4) is 0 Å². The lowest BCUT2D eigenvalue weighted by Crippen LogP contribution is -2.51. The summed E-state index contributed by atoms with van der Waals surface area (Å²) in [6.45, 7) is 6.36. The van der Waals surface area contributed by atoms with Crippen LogP contribution in [0.15, 0.2) is 42.0 Å². The first-order chi connectivity index (χ1) is 15.3. The van der Waals surface area contributed by atoms with E-state index < -0.39 is 0 Å². The van der Waals surface area contributed by atoms with Crippen molar-refractivity contribution in [3.05, 3.63) is 47.5 Å². The molecule has 3 fully saturated rings. The fourth-order valence-corrected chi connectivity index (χ4v) is 7.88. The first-order valence-electron chi connectivity index (χ1n) is 12.4. The molecule has 0 aromatic heterocycles. The van der Waals surface area contributed by atoms with Crippen molar-refractivity contribution in [3.63, 3.8) is 0 Å². The Bertz CT molecular complexity index is 921. The number of benzene rings is 1. The highest BCUT2D eigenvalue weighted by molar-refractivity contribution is 5.89. The molecule has 3 saturated carbocycles. The van der Waals surface area contributed by atoms with Crippen LogP contribution in [0.3, 0.4) is 0 Å². The zero-order valence-electron chi connectivity index (χ0n) is 19.6. The molecule has 172 valence electrons. The molecule has 1 aromatic carbocycles. The Morgan fingerprint density at radius 1 is 0.938 bits per heavy atom. The van der Waals surface area contributed by atoms with Gasteiger partial charge in [-0.3, -0.25) is 4.79 Å². The molecular formula is C28H36O4. The van der Waals surface area contributed by atoms with Gasteiger partial charge in [0.2, 0.25) is 0 Å². The van der Waals surface area contributed by atoms with E-state index in [1.54, 1.807) is 0 Å². The number of carbonyl (C=O) groups is 2. The van der Waals surface area contributed by atoms with E-state index in [1.807, 2.05) is 30.3 Å². The van der Waals surface area contributed by atoms with Gasteiger partial charge in [-0.1, -0.05) is 43.7 Å². The summed E-state index contributed by atoms with van der Waals surface area (Å²) >= 11 is 0. The fraction of sp³-hybridized carbons (Fsp3) is 0.643. The zero-order chi connectivity index (χ0) is 22.5. The van der Waals surface area contributed by atoms with E-state index >= 15 is 0 Å². The molecule has 32 heavy (non-hydrogen) atoms. The minimum Gasteiger partial charge on any atom is -0.462 e. The molecule has 0 aliphatic heterocycles. The standard InChI is InChI=1S/C28H36O4/c1-18(29)31-21-13-15-27(2)20(17-21)9-10-22-23-11-12-25(28(23,3)16-14-24(22)27)32-26(30)19-7-5-4-6-8-19/h4-9,21-25H,10-17H2,1-3H3/t21-,22-,23+,24+,25+,27+,28+/m1/s1. The number of carbonyl (C=O) groups excluding carboxylic acids is 2. The van der Waals surface area contributed by atoms with Crippen molar-refractivity contribution in [2.75, 3.05) is 0 Å². The molecule has 5 rings (SSSR count). The van der Waals surface area contributed by atoms with Crippen molar-refractivity contribution in [2.45, 2.75) is 84.3 Å². The van der Waals surface area contributed by atoms with Gasteiger partial charge in [-0.05, 0) is 80.2 Å². The van der Waals surface area contributed by atoms with Gasteiger partial charge in [-0.25, -0.2) is 4.79 Å². The summed E-state index contributed by atoms with van der Waals surface area (Å²) in [5, 5.41) is 0. The van der Waals surface area contributed by atoms with Crippen molar-refractivity contribution < 1.29 is 19.1 Å². The zero-order valence-corrected chi connectivity index (χ0v) is 19.6. The van der Waals surface area contributed by atoms with Crippen LogP contribution in [0.5, 0.6) is 0 Å². The number of allylic oxidation sites excluding steroid dienone is 1. The Labute approximate surface area is 191 Å². The van der Waals surface area contributed by atoms with Crippen LogP contribution in [0, 0.1) is 28.6 Å². The van der Waals surface area contributed by atoms with E-state index in [0.29, 0.717) is 23.3 Å². The first kappa shape index (κ1) is 21.7. The average Bonchev–Trinajstić information content (AvgIpc) is 3.10. The molecule has 4 aliphatic carbocycles. The lowest BCUT2D eigenvalue weighted by Gasteiger charge is -2.57. The van der Waals surface area contributed by atoms with E-state index in [1.165, 1.54) is 18.9 Å². The molecule has 0 radical (unpaired) electrons. The lowest BCUT2D eigenvalue weighted by atomic mass is 9.48. The highest BCUT2D eigenvalue weighted by Gasteiger charge is 2.59. The van der Waals surface area contributed by atoms with Crippen LogP contribution in [0.1, 0.15) is 82.5 Å². The summed E-state index contributed by atoms with van der Waals surface area (Å²) in [7, 11) is 0. The number of hydrogen-bond acceptors (Lipinski definition) is 4. The van der Waals surface area contributed by atoms with E-state index in [4.69, 9.17) is 9.47 Å². The molecule has 0 amide bonds. The number of esters is 2. The Morgan fingerprint density at radius 2 is 1.72 bits per heavy atom. The molecule has 0 saturated heterocycles. The minimum atomic E-state index is -0.179. The second-order valence-electron chi connectivity index (χ2n) is 11.1. The highest BCUT2D eigenvalue weighted by Crippen LogP contribution is 2.65. The Balaban J connectivity index is 1.33. The molecule has 0 spiro atoms. The highest BCUT2D eigenvalue weighted by atomic mass is 16.5. The number of hydrogen-bond donors (Lipinski definition) is 0. The van der Waals surface area contributed by atoms with Gasteiger partial charge in [0.25, 0.3) is 0 Å². The van der Waals surface area contributed by atoms with Crippen molar-refractivity contribution in [1.82, 2.24) is 0 Å². The van der Waals surface area contributed by atoms with E-state index in [0.717, 1.165) is 44.9 Å². The van der Waals surface area contributed by atoms with Crippen LogP contribution in [-0.2, 0) is 14.3 Å². The Morgan fingerprint density at radius 3 is 2.47 bits per heavy atom. The summed E-state index contributed by atoms with van der Waals surface area (Å²) in [6, 6.07) is 9.40. The third kappa shape index (κ3) is 3.50. The lowest BCUT2D eigenvalue weighted by molar-refractivity contribution is -0.148. The van der Waals surface area contributed by atoms with Crippen molar-refractivity contribution in [1.29, 1.82) is 0 Å². The number of fused-ring (bicyclic) bond motifs is 5. The van der Waals surface area contributed by atoms with E-state index in [2.05, 4.69) is 19.9 Å². The van der Waals surface area contributed by atoms with Crippen LogP contribution in [0.2, 0.25) is 0 Å². The van der Waals surface area contributed by atoms with Gasteiger partial charge >= 0.3 is 11.9 Å². The fourth-order valence-electron chi connectivity index (χ4n) is 7.88. The predicted molar refractivity (Wildman–Crippen MR) is 123 cm³/mol. The maximum atomic E-state index is 12.8. The van der Waals surface area contributed by atoms with Gasteiger partial charge in [0, 0.05) is 18.8 Å². The monoisotopic (exact) mass is 436 g/mol. The smallest absolute Gasteiger partial charge is 0.338 e. The van der Waals surface area contributed by atoms with Crippen molar-refractivity contribution >= 4 is 11.9 Å². The molecule has 0 unspecified atom stereocenters. The molecule has 1 aromatic rings. The summed E-state index contributed by atoms with van der Waals surface area (Å²) in [4.78, 5) is 24.2. The third-order valence-electron chi connectivity index (χ3n) is 9.56. The summed E-state index contributed by atoms with van der Waals surface area (Å²) in [6.07, 6.45) is 11.1. The van der Waals surface area contributed by atoms with Gasteiger partial charge in [0.05, 0.1) is 5.56 Å². The van der Waals surface area contributed by atoms with Crippen molar-refractivity contribution in [2.24, 2.45) is 28.6 Å². The van der Waals surface area contributed by atoms with E-state index in [-0.39, 0.29) is 35.0 Å². The van der Waals surface area contributed by atoms with Crippen LogP contribution >= 0.6 is 0 Å². The molecular weight excluding hydrogens is 400 g/mol. The molecule has 4 nitrogen and oxygen atoms in total. The molecule has 4 heteroatoms. The second-order valence-corrected chi connectivity index (χ2v) is 11.1. The molecule has 4 aliphatic rings. The summed E-state index contributed by atoms with van der Waals surface area (Å²) in [5.41, 5.74) is 2.46. The van der Waals surface area contributed by atoms with Gasteiger partial charge in [-0.15, -0.1) is 0 Å². The number of rotatable bonds is 3. The maximum absolute atomic E-state index is 12.8. The summed E-state index contributed by atoms with van der Waals surface area (Å²) in [5.74, 6) is 1.61. The average molecular weight is 437 g/mol. The number of ether oxygens (including phenoxy) is 2. The SMILES string of the molecule is CC(=O)O[C@@H]1CC[C@@]2(C)C(=CC[C@@H]3[C@@H]4CC[C@H](OC(=O)c5ccccc5)[C@@]4(C)CC[C@@H]32)C1. The topological polar surface area (TPSA) is 52.6 Å². The summed E-state index contributed by atoms with van der Waals surface area (Å²) < 4.78 is 11.7. The van der Waals surface area contributed by atoms with Gasteiger partial charge in [0.15, 0.2) is 0 Å². The first-order valence-corrected chi connectivity index (χ1v) is 12.4. The quantitative estimate of drug-likeness (QED) is 0.424. The van der Waals surface area contributed by atoms with Gasteiger partial charge < -0.3 is 9.47 Å². The largest absolute Gasteiger partial charge is 0.462 e. The van der Waals surface area contributed by atoms with Crippen LogP contribution in [0.25, 0.3) is 0 Å². The molecule has 0 heterocycles. The van der Waals surface area contributed by atoms with Gasteiger partial charge in [-0.2, -0.15) is 0 Å². The molecule has 0 bridgehead atoms. The van der Waals surface area contributed by atoms with Crippen LogP contribution in [0.4, 0.5) is 0 Å². The third-order valence-corrected chi connectivity index (χ3v) is 9.56. The molecule has 7 atom stereocenters. The van der Waals surface area contributed by atoms with E-state index in [9.17, 15) is 9.59 Å². The maximum Gasteiger partial charge on any atom is 0.338 e. The Hall–Kier alpha value is -2.10. The normalized spacial score (nSPS) is 40.3. The van der Waals surface area contributed by atoms with Crippen LogP contribution in [-0.4, -0.2) is 24.1 Å². The minimum absolute atomic E-state index is 0.0130. The second kappa shape index (κ2) is 8.04. The molecule has 0 N–H and O–H groups in total. The predicted octanol–water partition coefficient (Wildman–Crippen LogP) is 6.11. The Kier molecular flexibility index (Phi) is 5.46. The van der Waals surface area contributed by atoms with Crippen LogP contribution < -0.4 is 0 Å².